The molecule has 4 rings (SSSR count). The van der Waals surface area contributed by atoms with E-state index >= 15 is 0 Å². The Morgan fingerprint density at radius 2 is 2.00 bits per heavy atom. The summed E-state index contributed by atoms with van der Waals surface area (Å²) in [6, 6.07) is 9.93. The van der Waals surface area contributed by atoms with Crippen LogP contribution in [0, 0.1) is 25.2 Å². The van der Waals surface area contributed by atoms with E-state index in [9.17, 15) is 10.4 Å². The molecule has 0 aliphatic carbocycles. The molecule has 148 valence electrons. The molecule has 7 nitrogen and oxygen atoms in total. The van der Waals surface area contributed by atoms with Crippen LogP contribution >= 0.6 is 0 Å². The van der Waals surface area contributed by atoms with E-state index in [0.717, 1.165) is 33.4 Å². The van der Waals surface area contributed by atoms with Crippen LogP contribution in [-0.4, -0.2) is 39.0 Å². The molecule has 29 heavy (non-hydrogen) atoms. The first-order chi connectivity index (χ1) is 13.8. The summed E-state index contributed by atoms with van der Waals surface area (Å²) in [6.07, 6.45) is 1.82. The number of aryl methyl sites for hydroxylation is 1. The largest absolute Gasteiger partial charge is 0.386 e. The molecule has 0 saturated carbocycles. The van der Waals surface area contributed by atoms with Crippen molar-refractivity contribution < 1.29 is 5.11 Å². The van der Waals surface area contributed by atoms with Crippen LogP contribution in [0.2, 0.25) is 0 Å². The first-order valence-electron chi connectivity index (χ1n) is 9.65. The van der Waals surface area contributed by atoms with E-state index in [1.165, 1.54) is 0 Å². The van der Waals surface area contributed by atoms with Gasteiger partial charge in [-0.3, -0.25) is 0 Å². The van der Waals surface area contributed by atoms with E-state index in [1.54, 1.807) is 0 Å². The molecule has 1 aliphatic heterocycles. The van der Waals surface area contributed by atoms with Crippen LogP contribution in [0.1, 0.15) is 42.3 Å². The van der Waals surface area contributed by atoms with E-state index < -0.39 is 5.60 Å². The third kappa shape index (κ3) is 3.47. The topological polar surface area (TPSA) is 98.0 Å². The Kier molecular flexibility index (Phi) is 4.59. The van der Waals surface area contributed by atoms with Gasteiger partial charge in [0.05, 0.1) is 29.0 Å². The molecule has 0 amide bonds. The maximum absolute atomic E-state index is 10.0. The number of nitriles is 1. The van der Waals surface area contributed by atoms with Crippen LogP contribution in [0.25, 0.3) is 10.8 Å². The van der Waals surface area contributed by atoms with Crippen molar-refractivity contribution in [2.24, 2.45) is 0 Å². The molecule has 0 bridgehead atoms. The van der Waals surface area contributed by atoms with E-state index in [1.807, 2.05) is 63.1 Å². The van der Waals surface area contributed by atoms with Gasteiger partial charge in [-0.05, 0) is 51.0 Å². The number of anilines is 2. The van der Waals surface area contributed by atoms with Crippen molar-refractivity contribution >= 4 is 22.4 Å². The summed E-state index contributed by atoms with van der Waals surface area (Å²) in [6.45, 7) is 8.87. The lowest BCUT2D eigenvalue weighted by Crippen LogP contribution is -2.60. The predicted octanol–water partition coefficient (Wildman–Crippen LogP) is 3.26. The van der Waals surface area contributed by atoms with Gasteiger partial charge in [0.15, 0.2) is 5.82 Å². The summed E-state index contributed by atoms with van der Waals surface area (Å²) >= 11 is 0. The normalized spacial score (nSPS) is 16.2. The molecule has 1 aromatic carbocycles. The number of fused-ring (bicyclic) bond motifs is 1. The van der Waals surface area contributed by atoms with Crippen LogP contribution in [0.3, 0.4) is 0 Å². The highest BCUT2D eigenvalue weighted by Gasteiger charge is 2.37. The smallest absolute Gasteiger partial charge is 0.157 e. The van der Waals surface area contributed by atoms with Gasteiger partial charge in [-0.15, -0.1) is 5.10 Å². The highest BCUT2D eigenvalue weighted by molar-refractivity contribution is 5.94. The molecule has 1 atom stereocenters. The lowest BCUT2D eigenvalue weighted by Gasteiger charge is -2.45. The number of rotatable bonds is 4. The molecule has 7 heteroatoms. The maximum atomic E-state index is 10.0. The Bertz CT molecular complexity index is 1130. The summed E-state index contributed by atoms with van der Waals surface area (Å²) in [5.41, 5.74) is 2.84. The zero-order valence-electron chi connectivity index (χ0n) is 17.1. The summed E-state index contributed by atoms with van der Waals surface area (Å²) in [5, 5.41) is 33.4. The number of aliphatic hydroxyl groups is 1. The van der Waals surface area contributed by atoms with Gasteiger partial charge >= 0.3 is 0 Å². The van der Waals surface area contributed by atoms with E-state index in [0.29, 0.717) is 24.5 Å². The van der Waals surface area contributed by atoms with Crippen molar-refractivity contribution in [2.75, 3.05) is 23.3 Å². The summed E-state index contributed by atoms with van der Waals surface area (Å²) in [7, 11) is 0. The first-order valence-corrected chi connectivity index (χ1v) is 9.65. The zero-order valence-corrected chi connectivity index (χ0v) is 17.1. The fourth-order valence-corrected chi connectivity index (χ4v) is 3.91. The average Bonchev–Trinajstić information content (AvgIpc) is 2.68. The Hall–Kier alpha value is -3.24. The Morgan fingerprint density at radius 3 is 2.69 bits per heavy atom. The third-order valence-electron chi connectivity index (χ3n) is 5.54. The van der Waals surface area contributed by atoms with Crippen LogP contribution in [0.5, 0.6) is 0 Å². The van der Waals surface area contributed by atoms with Crippen LogP contribution in [0.15, 0.2) is 30.5 Å². The molecule has 3 heterocycles. The molecule has 0 unspecified atom stereocenters. The van der Waals surface area contributed by atoms with Gasteiger partial charge in [0.25, 0.3) is 0 Å². The van der Waals surface area contributed by atoms with E-state index in [4.69, 9.17) is 0 Å². The number of nitrogens with zero attached hydrogens (tertiary/aromatic N) is 5. The van der Waals surface area contributed by atoms with Crippen molar-refractivity contribution in [3.8, 4) is 6.07 Å². The molecule has 2 N–H and O–H groups in total. The molecule has 1 aliphatic rings. The minimum atomic E-state index is -0.665. The molecule has 2 aromatic heterocycles. The number of hydrogen-bond donors (Lipinski definition) is 2. The van der Waals surface area contributed by atoms with Gasteiger partial charge in [-0.2, -0.15) is 10.4 Å². The second-order valence-electron chi connectivity index (χ2n) is 8.07. The number of nitrogens with one attached hydrogen (secondary N) is 1. The standard InChI is InChI=1S/C22H24N6O/c1-13-16(9-23)6-5-7-17(13)14(2)25-21-18-8-20(28-11-22(4,29)12-28)24-10-19(18)15(3)26-27-21/h5-8,10,14,29H,11-12H2,1-4H3,(H,25,27)/t14-/m1/s1. The molecule has 0 spiro atoms. The van der Waals surface area contributed by atoms with Gasteiger partial charge in [0, 0.05) is 30.1 Å². The summed E-state index contributed by atoms with van der Waals surface area (Å²) in [4.78, 5) is 6.60. The van der Waals surface area contributed by atoms with Crippen molar-refractivity contribution in [1.82, 2.24) is 15.2 Å². The van der Waals surface area contributed by atoms with Gasteiger partial charge in [0.1, 0.15) is 5.82 Å². The number of pyridine rings is 1. The lowest BCUT2D eigenvalue weighted by molar-refractivity contribution is 0.0305. The average molecular weight is 388 g/mol. The van der Waals surface area contributed by atoms with Crippen molar-refractivity contribution in [3.05, 3.63) is 52.8 Å². The van der Waals surface area contributed by atoms with Crippen LogP contribution < -0.4 is 10.2 Å². The molecule has 1 saturated heterocycles. The molecule has 1 fully saturated rings. The van der Waals surface area contributed by atoms with Gasteiger partial charge in [0.2, 0.25) is 0 Å². The van der Waals surface area contributed by atoms with E-state index in [-0.39, 0.29) is 6.04 Å². The third-order valence-corrected chi connectivity index (χ3v) is 5.54. The minimum absolute atomic E-state index is 0.0511. The second kappa shape index (κ2) is 6.98. The first kappa shape index (κ1) is 19.1. The van der Waals surface area contributed by atoms with Gasteiger partial charge in [-0.25, -0.2) is 4.98 Å². The fraction of sp³-hybridized carbons (Fsp3) is 0.364. The SMILES string of the molecule is Cc1c(C#N)cccc1[C@@H](C)Nc1nnc(C)c2cnc(N3CC(C)(O)C3)cc12. The molecule has 0 radical (unpaired) electrons. The fourth-order valence-electron chi connectivity index (χ4n) is 3.91. The Labute approximate surface area is 170 Å². The van der Waals surface area contributed by atoms with Crippen LogP contribution in [-0.2, 0) is 0 Å². The number of β-amino-alcohol motifs (C(OH)–C–C–N with tert-alkyl or cyclic N) is 1. The van der Waals surface area contributed by atoms with Crippen molar-refractivity contribution in [3.63, 3.8) is 0 Å². The van der Waals surface area contributed by atoms with Gasteiger partial charge < -0.3 is 15.3 Å². The predicted molar refractivity (Wildman–Crippen MR) is 113 cm³/mol. The quantitative estimate of drug-likeness (QED) is 0.708. The summed E-state index contributed by atoms with van der Waals surface area (Å²) < 4.78 is 0. The number of benzene rings is 1. The van der Waals surface area contributed by atoms with Crippen molar-refractivity contribution in [1.29, 1.82) is 5.26 Å². The molecular weight excluding hydrogens is 364 g/mol. The number of hydrogen-bond acceptors (Lipinski definition) is 7. The van der Waals surface area contributed by atoms with Gasteiger partial charge in [-0.1, -0.05) is 12.1 Å². The van der Waals surface area contributed by atoms with E-state index in [2.05, 4.69) is 26.6 Å². The summed E-state index contributed by atoms with van der Waals surface area (Å²) in [5.74, 6) is 1.49. The minimum Gasteiger partial charge on any atom is -0.386 e. The number of aromatic nitrogens is 3. The Morgan fingerprint density at radius 1 is 1.24 bits per heavy atom. The Balaban J connectivity index is 1.70. The maximum Gasteiger partial charge on any atom is 0.157 e. The highest BCUT2D eigenvalue weighted by Crippen LogP contribution is 2.32. The monoisotopic (exact) mass is 388 g/mol. The second-order valence-corrected chi connectivity index (χ2v) is 8.07. The van der Waals surface area contributed by atoms with Crippen molar-refractivity contribution in [2.45, 2.75) is 39.3 Å². The molecular formula is C22H24N6O. The highest BCUT2D eigenvalue weighted by atomic mass is 16.3. The van der Waals surface area contributed by atoms with Crippen LogP contribution in [0.4, 0.5) is 11.6 Å². The lowest BCUT2D eigenvalue weighted by atomic mass is 9.97. The molecule has 3 aromatic rings. The zero-order chi connectivity index (χ0) is 20.8.